The fraction of sp³-hybridized carbons (Fsp3) is 0.640. The lowest BCUT2D eigenvalue weighted by Crippen LogP contribution is -2.56. The number of nitrogens with zero attached hydrogens (tertiary/aromatic N) is 3. The molecule has 5 unspecified atom stereocenters. The van der Waals surface area contributed by atoms with Crippen LogP contribution in [0.25, 0.3) is 0 Å². The van der Waals surface area contributed by atoms with Gasteiger partial charge in [0.2, 0.25) is 11.8 Å². The third kappa shape index (κ3) is 6.31. The van der Waals surface area contributed by atoms with Gasteiger partial charge in [0.15, 0.2) is 6.04 Å². The Labute approximate surface area is 207 Å². The summed E-state index contributed by atoms with van der Waals surface area (Å²) in [6, 6.07) is 3.45. The van der Waals surface area contributed by atoms with Gasteiger partial charge in [0.05, 0.1) is 6.10 Å². The van der Waals surface area contributed by atoms with Gasteiger partial charge in [-0.2, -0.15) is 0 Å². The van der Waals surface area contributed by atoms with Crippen LogP contribution in [0.1, 0.15) is 57.6 Å². The molecular formula is C25H39N5O5. The van der Waals surface area contributed by atoms with Crippen LogP contribution in [0.4, 0.5) is 0 Å². The van der Waals surface area contributed by atoms with E-state index in [1.807, 2.05) is 18.7 Å². The number of aliphatic hydroxyl groups excluding tert-OH is 1. The third-order valence-corrected chi connectivity index (χ3v) is 7.37. The number of aromatic hydroxyl groups is 1. The monoisotopic (exact) mass is 489 g/mol. The van der Waals surface area contributed by atoms with Crippen molar-refractivity contribution in [2.75, 3.05) is 26.7 Å². The van der Waals surface area contributed by atoms with Gasteiger partial charge in [-0.15, -0.1) is 0 Å². The summed E-state index contributed by atoms with van der Waals surface area (Å²) in [5, 5.41) is 23.9. The van der Waals surface area contributed by atoms with Gasteiger partial charge in [0.25, 0.3) is 5.91 Å². The Hall–Kier alpha value is -2.69. The van der Waals surface area contributed by atoms with E-state index in [9.17, 15) is 24.6 Å². The number of hydrogen-bond acceptors (Lipinski definition) is 7. The minimum absolute atomic E-state index is 0.00525. The Morgan fingerprint density at radius 2 is 1.80 bits per heavy atom. The van der Waals surface area contributed by atoms with Gasteiger partial charge in [-0.05, 0) is 49.9 Å². The first-order chi connectivity index (χ1) is 16.6. The predicted octanol–water partition coefficient (Wildman–Crippen LogP) is 0.744. The largest absolute Gasteiger partial charge is 0.508 e. The fourth-order valence-corrected chi connectivity index (χ4v) is 4.88. The van der Waals surface area contributed by atoms with E-state index >= 15 is 0 Å². The molecule has 10 heteroatoms. The van der Waals surface area contributed by atoms with Crippen molar-refractivity contribution in [2.24, 2.45) is 11.8 Å². The lowest BCUT2D eigenvalue weighted by atomic mass is 9.94. The number of carbonyl (C=O) groups is 3. The normalized spacial score (nSPS) is 23.1. The molecule has 5 N–H and O–H groups in total. The van der Waals surface area contributed by atoms with Gasteiger partial charge in [-0.25, -0.2) is 5.84 Å². The molecule has 2 saturated heterocycles. The van der Waals surface area contributed by atoms with Gasteiger partial charge in [-0.1, -0.05) is 32.4 Å². The average molecular weight is 490 g/mol. The van der Waals surface area contributed by atoms with E-state index in [-0.39, 0.29) is 24.0 Å². The second-order valence-corrected chi connectivity index (χ2v) is 9.81. The minimum atomic E-state index is -1.20. The molecule has 1 aromatic carbocycles. The van der Waals surface area contributed by atoms with Gasteiger partial charge >= 0.3 is 0 Å². The molecule has 5 atom stereocenters. The highest BCUT2D eigenvalue weighted by molar-refractivity contribution is 5.91. The Morgan fingerprint density at radius 1 is 1.17 bits per heavy atom. The molecule has 2 fully saturated rings. The van der Waals surface area contributed by atoms with E-state index in [0.29, 0.717) is 18.5 Å². The lowest BCUT2D eigenvalue weighted by Gasteiger charge is -2.34. The number of nitrogens with two attached hydrogens (primary N) is 1. The van der Waals surface area contributed by atoms with Crippen LogP contribution in [0.3, 0.4) is 0 Å². The molecule has 0 radical (unpaired) electrons. The van der Waals surface area contributed by atoms with Crippen LogP contribution in [0, 0.1) is 5.92 Å². The number of hydrazine groups is 1. The first-order valence-corrected chi connectivity index (χ1v) is 12.5. The summed E-state index contributed by atoms with van der Waals surface area (Å²) in [5.74, 6) is 5.23. The predicted molar refractivity (Wildman–Crippen MR) is 131 cm³/mol. The van der Waals surface area contributed by atoms with Crippen LogP contribution in [-0.4, -0.2) is 87.6 Å². The summed E-state index contributed by atoms with van der Waals surface area (Å²) >= 11 is 0. The molecule has 0 spiro atoms. The van der Waals surface area contributed by atoms with Crippen molar-refractivity contribution in [3.05, 3.63) is 29.8 Å². The molecule has 10 nitrogen and oxygen atoms in total. The highest BCUT2D eigenvalue weighted by Crippen LogP contribution is 2.26. The summed E-state index contributed by atoms with van der Waals surface area (Å²) < 4.78 is 0. The topological polar surface area (TPSA) is 139 Å². The van der Waals surface area contributed by atoms with E-state index in [1.54, 1.807) is 11.9 Å². The van der Waals surface area contributed by atoms with Crippen LogP contribution >= 0.6 is 0 Å². The number of hydrogen-bond donors (Lipinski definition) is 4. The molecule has 3 rings (SSSR count). The average Bonchev–Trinajstić information content (AvgIpc) is 3.49. The second kappa shape index (κ2) is 11.8. The highest BCUT2D eigenvalue weighted by atomic mass is 16.3. The standard InChI is InChI=1S/C25H39N5O5/c1-4-16(2)19(15-21(33)29-12-5-6-13-29)27-24(34)22(17-7-9-18(31)10-8-17)30(26)25(35)23-20(32)11-14-28(23)3/h7-10,16,19-20,22-23,31-32H,4-6,11-15,26H2,1-3H3,(H,27,34). The molecule has 1 aromatic rings. The maximum Gasteiger partial charge on any atom is 0.257 e. The second-order valence-electron chi connectivity index (χ2n) is 9.81. The van der Waals surface area contributed by atoms with Crippen molar-refractivity contribution in [2.45, 2.75) is 70.2 Å². The van der Waals surface area contributed by atoms with Gasteiger partial charge < -0.3 is 20.4 Å². The first kappa shape index (κ1) is 26.9. The summed E-state index contributed by atoms with van der Waals surface area (Å²) in [6.45, 7) is 5.98. The molecule has 2 aliphatic heterocycles. The molecular weight excluding hydrogens is 450 g/mol. The molecule has 0 saturated carbocycles. The Balaban J connectivity index is 1.84. The van der Waals surface area contributed by atoms with E-state index in [1.165, 1.54) is 24.3 Å². The molecule has 2 aliphatic rings. The number of nitrogens with one attached hydrogen (secondary N) is 1. The number of phenols is 1. The van der Waals surface area contributed by atoms with Crippen LogP contribution in [0.5, 0.6) is 5.75 Å². The zero-order valence-corrected chi connectivity index (χ0v) is 20.9. The fourth-order valence-electron chi connectivity index (χ4n) is 4.88. The third-order valence-electron chi connectivity index (χ3n) is 7.37. The van der Waals surface area contributed by atoms with Crippen LogP contribution in [0.15, 0.2) is 24.3 Å². The quantitative estimate of drug-likeness (QED) is 0.228. The van der Waals surface area contributed by atoms with Crippen LogP contribution < -0.4 is 11.2 Å². The van der Waals surface area contributed by atoms with Gasteiger partial charge in [0, 0.05) is 32.1 Å². The molecule has 0 aromatic heterocycles. The zero-order valence-electron chi connectivity index (χ0n) is 20.9. The van der Waals surface area contributed by atoms with Crippen molar-refractivity contribution in [1.82, 2.24) is 20.1 Å². The smallest absolute Gasteiger partial charge is 0.257 e. The summed E-state index contributed by atoms with van der Waals surface area (Å²) in [5.41, 5.74) is 0.417. The van der Waals surface area contributed by atoms with E-state index in [4.69, 9.17) is 5.84 Å². The summed E-state index contributed by atoms with van der Waals surface area (Å²) in [7, 11) is 1.73. The number of likely N-dealkylation sites (tertiary alicyclic amines) is 2. The Kier molecular flexibility index (Phi) is 9.09. The molecule has 0 bridgehead atoms. The lowest BCUT2D eigenvalue weighted by molar-refractivity contribution is -0.147. The van der Waals surface area contributed by atoms with Gasteiger partial charge in [-0.3, -0.25) is 24.3 Å². The van der Waals surface area contributed by atoms with Crippen molar-refractivity contribution in [3.63, 3.8) is 0 Å². The van der Waals surface area contributed by atoms with Crippen molar-refractivity contribution in [3.8, 4) is 5.75 Å². The highest BCUT2D eigenvalue weighted by Gasteiger charge is 2.42. The van der Waals surface area contributed by atoms with Crippen molar-refractivity contribution in [1.29, 1.82) is 0 Å². The summed E-state index contributed by atoms with van der Waals surface area (Å²) in [4.78, 5) is 43.3. The number of carbonyl (C=O) groups excluding carboxylic acids is 3. The van der Waals surface area contributed by atoms with Crippen molar-refractivity contribution < 1.29 is 24.6 Å². The van der Waals surface area contributed by atoms with Crippen LogP contribution in [-0.2, 0) is 14.4 Å². The Bertz CT molecular complexity index is 879. The molecule has 35 heavy (non-hydrogen) atoms. The summed E-state index contributed by atoms with van der Waals surface area (Å²) in [6.07, 6.45) is 2.46. The van der Waals surface area contributed by atoms with Gasteiger partial charge in [0.1, 0.15) is 11.8 Å². The molecule has 0 aliphatic carbocycles. The number of amides is 3. The minimum Gasteiger partial charge on any atom is -0.508 e. The number of benzene rings is 1. The molecule has 194 valence electrons. The van der Waals surface area contributed by atoms with Crippen LogP contribution in [0.2, 0.25) is 0 Å². The number of rotatable bonds is 9. The van der Waals surface area contributed by atoms with Crippen molar-refractivity contribution >= 4 is 17.7 Å². The SMILES string of the molecule is CCC(C)C(CC(=O)N1CCCC1)NC(=O)C(c1ccc(O)cc1)N(N)C(=O)C1C(O)CCN1C. The molecule has 3 amide bonds. The van der Waals surface area contributed by atoms with E-state index in [0.717, 1.165) is 37.4 Å². The Morgan fingerprint density at radius 3 is 2.34 bits per heavy atom. The number of phenolic OH excluding ortho intramolecular Hbond substituents is 1. The van der Waals surface area contributed by atoms with E-state index in [2.05, 4.69) is 5.32 Å². The zero-order chi connectivity index (χ0) is 25.7. The number of likely N-dealkylation sites (N-methyl/N-ethyl adjacent to an activating group) is 1. The maximum atomic E-state index is 13.6. The number of aliphatic hydroxyl groups is 1. The molecule has 2 heterocycles. The first-order valence-electron chi connectivity index (χ1n) is 12.5. The maximum absolute atomic E-state index is 13.6. The van der Waals surface area contributed by atoms with E-state index < -0.39 is 36.0 Å².